The van der Waals surface area contributed by atoms with E-state index >= 15 is 0 Å². The number of aryl methyl sites for hydroxylation is 1. The molecule has 1 aromatic rings. The number of hydrogen-bond donors (Lipinski definition) is 2. The van der Waals surface area contributed by atoms with Crippen LogP contribution < -0.4 is 5.32 Å². The van der Waals surface area contributed by atoms with Crippen LogP contribution in [0.3, 0.4) is 0 Å². The van der Waals surface area contributed by atoms with Gasteiger partial charge in [-0.1, -0.05) is 6.92 Å². The molecule has 88 valence electrons. The van der Waals surface area contributed by atoms with Crippen LogP contribution in [0.1, 0.15) is 18.9 Å². The van der Waals surface area contributed by atoms with Gasteiger partial charge < -0.3 is 10.4 Å². The minimum absolute atomic E-state index is 0.248. The quantitative estimate of drug-likeness (QED) is 0.641. The molecule has 0 fully saturated rings. The highest BCUT2D eigenvalue weighted by molar-refractivity contribution is 5.76. The average Bonchev–Trinajstić information content (AvgIpc) is 2.65. The fourth-order valence-corrected chi connectivity index (χ4v) is 1.40. The zero-order valence-corrected chi connectivity index (χ0v) is 9.09. The highest BCUT2D eigenvalue weighted by Crippen LogP contribution is 2.03. The van der Waals surface area contributed by atoms with E-state index in [4.69, 9.17) is 5.11 Å². The molecule has 0 aliphatic heterocycles. The second kappa shape index (κ2) is 5.89. The van der Waals surface area contributed by atoms with E-state index in [0.717, 1.165) is 18.5 Å². The number of carboxylic acid groups (broad SMARTS) is 1. The predicted molar refractivity (Wildman–Crippen MR) is 56.8 cm³/mol. The summed E-state index contributed by atoms with van der Waals surface area (Å²) in [4.78, 5) is 21.0. The van der Waals surface area contributed by atoms with E-state index in [1.54, 1.807) is 17.1 Å². The Balaban J connectivity index is 2.62. The first kappa shape index (κ1) is 12.2. The predicted octanol–water partition coefficient (Wildman–Crippen LogP) is 0.0348. The van der Waals surface area contributed by atoms with Gasteiger partial charge in [-0.25, -0.2) is 4.79 Å². The van der Waals surface area contributed by atoms with Crippen LogP contribution in [0.5, 0.6) is 0 Å². The Morgan fingerprint density at radius 1 is 1.75 bits per heavy atom. The number of carbonyl (C=O) groups is 2. The van der Waals surface area contributed by atoms with Crippen LogP contribution >= 0.6 is 0 Å². The summed E-state index contributed by atoms with van der Waals surface area (Å²) in [6.07, 6.45) is 5.03. The highest BCUT2D eigenvalue weighted by atomic mass is 16.4. The molecule has 0 aromatic carbocycles. The number of rotatable bonds is 7. The number of carboxylic acids is 1. The molecule has 6 heteroatoms. The van der Waals surface area contributed by atoms with Crippen molar-refractivity contribution in [1.29, 1.82) is 0 Å². The molecule has 1 atom stereocenters. The van der Waals surface area contributed by atoms with Gasteiger partial charge in [0.15, 0.2) is 0 Å². The van der Waals surface area contributed by atoms with Crippen molar-refractivity contribution >= 4 is 12.4 Å². The molecule has 1 aromatic heterocycles. The number of aliphatic carboxylic acids is 1. The summed E-state index contributed by atoms with van der Waals surface area (Å²) in [6, 6.07) is -0.892. The molecule has 16 heavy (non-hydrogen) atoms. The SMILES string of the molecule is CCCn1cc(CC(NC=O)C(=O)O)cn1. The fraction of sp³-hybridized carbons (Fsp3) is 0.500. The van der Waals surface area contributed by atoms with Crippen LogP contribution in [-0.2, 0) is 22.6 Å². The maximum Gasteiger partial charge on any atom is 0.326 e. The topological polar surface area (TPSA) is 84.2 Å². The lowest BCUT2D eigenvalue weighted by molar-refractivity contribution is -0.140. The van der Waals surface area contributed by atoms with Gasteiger partial charge in [0.1, 0.15) is 6.04 Å². The minimum Gasteiger partial charge on any atom is -0.480 e. The third-order valence-electron chi connectivity index (χ3n) is 2.15. The molecule has 6 nitrogen and oxygen atoms in total. The molecule has 2 N–H and O–H groups in total. The van der Waals surface area contributed by atoms with Gasteiger partial charge in [-0.2, -0.15) is 5.10 Å². The first-order chi connectivity index (χ1) is 7.67. The maximum atomic E-state index is 10.8. The Bertz CT molecular complexity index is 362. The third kappa shape index (κ3) is 3.38. The second-order valence-corrected chi connectivity index (χ2v) is 3.49. The largest absolute Gasteiger partial charge is 0.480 e. The van der Waals surface area contributed by atoms with Gasteiger partial charge in [-0.05, 0) is 12.0 Å². The highest BCUT2D eigenvalue weighted by Gasteiger charge is 2.17. The van der Waals surface area contributed by atoms with Crippen molar-refractivity contribution < 1.29 is 14.7 Å². The van der Waals surface area contributed by atoms with Gasteiger partial charge in [0.25, 0.3) is 0 Å². The van der Waals surface area contributed by atoms with Crippen LogP contribution in [0.2, 0.25) is 0 Å². The summed E-state index contributed by atoms with van der Waals surface area (Å²) in [7, 11) is 0. The summed E-state index contributed by atoms with van der Waals surface area (Å²) in [5.41, 5.74) is 0.801. The van der Waals surface area contributed by atoms with Crippen molar-refractivity contribution in [2.75, 3.05) is 0 Å². The number of carbonyl (C=O) groups excluding carboxylic acids is 1. The molecule has 1 rings (SSSR count). The zero-order chi connectivity index (χ0) is 12.0. The third-order valence-corrected chi connectivity index (χ3v) is 2.15. The van der Waals surface area contributed by atoms with E-state index in [0.29, 0.717) is 6.41 Å². The van der Waals surface area contributed by atoms with Crippen molar-refractivity contribution in [3.05, 3.63) is 18.0 Å². The number of amides is 1. The number of nitrogens with one attached hydrogen (secondary N) is 1. The molecule has 0 saturated carbocycles. The summed E-state index contributed by atoms with van der Waals surface area (Å²) in [6.45, 7) is 2.84. The summed E-state index contributed by atoms with van der Waals surface area (Å²) >= 11 is 0. The summed E-state index contributed by atoms with van der Waals surface area (Å²) in [5, 5.41) is 15.2. The zero-order valence-electron chi connectivity index (χ0n) is 9.09. The monoisotopic (exact) mass is 225 g/mol. The number of hydrogen-bond acceptors (Lipinski definition) is 3. The molecule has 0 radical (unpaired) electrons. The van der Waals surface area contributed by atoms with E-state index < -0.39 is 12.0 Å². The van der Waals surface area contributed by atoms with Crippen molar-refractivity contribution in [2.45, 2.75) is 32.4 Å². The van der Waals surface area contributed by atoms with Crippen molar-refractivity contribution in [1.82, 2.24) is 15.1 Å². The lowest BCUT2D eigenvalue weighted by Gasteiger charge is -2.08. The lowest BCUT2D eigenvalue weighted by atomic mass is 10.1. The van der Waals surface area contributed by atoms with Crippen molar-refractivity contribution in [3.8, 4) is 0 Å². The Kier molecular flexibility index (Phi) is 4.50. The Morgan fingerprint density at radius 3 is 3.06 bits per heavy atom. The molecule has 1 heterocycles. The smallest absolute Gasteiger partial charge is 0.326 e. The van der Waals surface area contributed by atoms with Crippen LogP contribution in [0.25, 0.3) is 0 Å². The molecular weight excluding hydrogens is 210 g/mol. The molecule has 0 saturated heterocycles. The summed E-state index contributed by atoms with van der Waals surface area (Å²) < 4.78 is 1.76. The standard InChI is InChI=1S/C10H15N3O3/c1-2-3-13-6-8(5-12-13)4-9(10(15)16)11-7-14/h5-7,9H,2-4H2,1H3,(H,11,14)(H,15,16). The van der Waals surface area contributed by atoms with E-state index in [9.17, 15) is 9.59 Å². The Hall–Kier alpha value is -1.85. The van der Waals surface area contributed by atoms with Crippen LogP contribution in [0.4, 0.5) is 0 Å². The molecule has 0 aliphatic carbocycles. The molecule has 0 bridgehead atoms. The van der Waals surface area contributed by atoms with Crippen molar-refractivity contribution in [2.24, 2.45) is 0 Å². The van der Waals surface area contributed by atoms with Gasteiger partial charge in [-0.15, -0.1) is 0 Å². The molecular formula is C10H15N3O3. The Labute approximate surface area is 93.3 Å². The van der Waals surface area contributed by atoms with Crippen LogP contribution in [0, 0.1) is 0 Å². The van der Waals surface area contributed by atoms with Gasteiger partial charge in [0, 0.05) is 19.2 Å². The maximum absolute atomic E-state index is 10.8. The lowest BCUT2D eigenvalue weighted by Crippen LogP contribution is -2.37. The van der Waals surface area contributed by atoms with Gasteiger partial charge in [0.05, 0.1) is 6.20 Å². The average molecular weight is 225 g/mol. The number of nitrogens with zero attached hydrogens (tertiary/aromatic N) is 2. The molecule has 0 aliphatic rings. The van der Waals surface area contributed by atoms with Gasteiger partial charge >= 0.3 is 5.97 Å². The van der Waals surface area contributed by atoms with Gasteiger partial charge in [0.2, 0.25) is 6.41 Å². The minimum atomic E-state index is -1.05. The Morgan fingerprint density at radius 2 is 2.50 bits per heavy atom. The van der Waals surface area contributed by atoms with E-state index in [1.165, 1.54) is 0 Å². The number of aromatic nitrogens is 2. The first-order valence-corrected chi connectivity index (χ1v) is 5.11. The molecule has 0 spiro atoms. The van der Waals surface area contributed by atoms with E-state index in [-0.39, 0.29) is 6.42 Å². The van der Waals surface area contributed by atoms with Crippen LogP contribution in [0.15, 0.2) is 12.4 Å². The van der Waals surface area contributed by atoms with Crippen molar-refractivity contribution in [3.63, 3.8) is 0 Å². The first-order valence-electron chi connectivity index (χ1n) is 5.11. The molecule has 1 unspecified atom stereocenters. The van der Waals surface area contributed by atoms with E-state index in [2.05, 4.69) is 10.4 Å². The van der Waals surface area contributed by atoms with E-state index in [1.807, 2.05) is 6.92 Å². The van der Waals surface area contributed by atoms with Gasteiger partial charge in [-0.3, -0.25) is 9.48 Å². The fourth-order valence-electron chi connectivity index (χ4n) is 1.40. The van der Waals surface area contributed by atoms with Crippen LogP contribution in [-0.4, -0.2) is 33.3 Å². The second-order valence-electron chi connectivity index (χ2n) is 3.49. The molecule has 1 amide bonds. The normalized spacial score (nSPS) is 12.1. The summed E-state index contributed by atoms with van der Waals surface area (Å²) in [5.74, 6) is -1.05.